The normalized spacial score (nSPS) is 21.8. The van der Waals surface area contributed by atoms with Crippen LogP contribution in [0.4, 0.5) is 11.5 Å². The molecule has 1 aliphatic heterocycles. The minimum Gasteiger partial charge on any atom is -0.480 e. The molecule has 2 aromatic rings. The number of nitrogens with two attached hydrogens (primary N) is 1. The Morgan fingerprint density at radius 3 is 2.41 bits per heavy atom. The number of carbonyl (C=O) groups is 1. The number of hydrogen-bond acceptors (Lipinski definition) is 8. The fourth-order valence-electron chi connectivity index (χ4n) is 4.87. The van der Waals surface area contributed by atoms with Crippen molar-refractivity contribution in [3.63, 3.8) is 0 Å². The number of benzene rings is 1. The van der Waals surface area contributed by atoms with E-state index >= 15 is 0 Å². The minimum absolute atomic E-state index is 0.0193. The van der Waals surface area contributed by atoms with Gasteiger partial charge in [-0.3, -0.25) is 4.79 Å². The lowest BCUT2D eigenvalue weighted by atomic mass is 9.79. The zero-order chi connectivity index (χ0) is 24.7. The van der Waals surface area contributed by atoms with E-state index in [2.05, 4.69) is 22.1 Å². The van der Waals surface area contributed by atoms with Crippen LogP contribution in [-0.4, -0.2) is 52.3 Å². The number of hydrogen-bond donors (Lipinski definition) is 2. The molecule has 4 rings (SSSR count). The summed E-state index contributed by atoms with van der Waals surface area (Å²) in [7, 11) is -3.56. The van der Waals surface area contributed by atoms with E-state index in [0.717, 1.165) is 37.0 Å². The van der Waals surface area contributed by atoms with Gasteiger partial charge < -0.3 is 15.6 Å². The van der Waals surface area contributed by atoms with Crippen LogP contribution in [0, 0.1) is 12.8 Å². The summed E-state index contributed by atoms with van der Waals surface area (Å²) in [6, 6.07) is 8.23. The van der Waals surface area contributed by atoms with Crippen LogP contribution < -0.4 is 10.5 Å². The first-order chi connectivity index (χ1) is 15.9. The fourth-order valence-corrected chi connectivity index (χ4v) is 6.41. The van der Waals surface area contributed by atoms with Crippen LogP contribution in [-0.2, 0) is 14.6 Å². The predicted octanol–water partition coefficient (Wildman–Crippen LogP) is 3.43. The van der Waals surface area contributed by atoms with Crippen molar-refractivity contribution in [2.75, 3.05) is 17.2 Å². The number of aryl methyl sites for hydroxylation is 1. The molecule has 1 saturated carbocycles. The minimum atomic E-state index is -3.56. The van der Waals surface area contributed by atoms with Crippen molar-refractivity contribution in [1.82, 2.24) is 9.97 Å². The number of rotatable bonds is 6. The highest BCUT2D eigenvalue weighted by Crippen LogP contribution is 2.40. The number of fused-ring (bicyclic) bond motifs is 1. The molecule has 2 aliphatic rings. The predicted molar refractivity (Wildman–Crippen MR) is 130 cm³/mol. The second kappa shape index (κ2) is 8.98. The molecule has 0 atom stereocenters. The highest BCUT2D eigenvalue weighted by Gasteiger charge is 2.35. The molecule has 0 amide bonds. The second-order valence-corrected chi connectivity index (χ2v) is 11.8. The lowest BCUT2D eigenvalue weighted by Gasteiger charge is -2.32. The van der Waals surface area contributed by atoms with Crippen molar-refractivity contribution in [3.8, 4) is 5.88 Å². The Kier molecular flexibility index (Phi) is 6.37. The van der Waals surface area contributed by atoms with E-state index in [9.17, 15) is 13.2 Å². The number of nitrogens with zero attached hydrogens (tertiary/aromatic N) is 3. The van der Waals surface area contributed by atoms with Crippen molar-refractivity contribution in [2.24, 2.45) is 10.9 Å². The van der Waals surface area contributed by atoms with Gasteiger partial charge in [0.15, 0.2) is 21.3 Å². The lowest BCUT2D eigenvalue weighted by Crippen LogP contribution is -2.41. The fraction of sp³-hybridized carbons (Fsp3) is 0.500. The number of anilines is 1. The van der Waals surface area contributed by atoms with Crippen LogP contribution in [0.5, 0.6) is 5.88 Å². The monoisotopic (exact) mass is 486 g/mol. The number of carboxylic acid groups (broad SMARTS) is 1. The van der Waals surface area contributed by atoms with E-state index in [1.807, 2.05) is 26.0 Å². The van der Waals surface area contributed by atoms with E-state index in [4.69, 9.17) is 20.6 Å². The number of ether oxygens (including phenoxy) is 1. The topological polar surface area (TPSA) is 145 Å². The van der Waals surface area contributed by atoms with Gasteiger partial charge in [0.05, 0.1) is 11.5 Å². The molecule has 0 spiro atoms. The molecular formula is C24H30N4O5S. The molecule has 1 aromatic carbocycles. The highest BCUT2D eigenvalue weighted by molar-refractivity contribution is 7.92. The summed E-state index contributed by atoms with van der Waals surface area (Å²) in [6.07, 6.45) is 3.30. The zero-order valence-corrected chi connectivity index (χ0v) is 20.4. The average Bonchev–Trinajstić information content (AvgIpc) is 2.72. The van der Waals surface area contributed by atoms with Crippen LogP contribution in [0.1, 0.15) is 62.4 Å². The van der Waals surface area contributed by atoms with Crippen molar-refractivity contribution in [3.05, 3.63) is 41.2 Å². The van der Waals surface area contributed by atoms with Crippen LogP contribution in [0.3, 0.4) is 0 Å². The molecule has 1 aromatic heterocycles. The summed E-state index contributed by atoms with van der Waals surface area (Å²) in [4.78, 5) is 24.0. The molecule has 182 valence electrons. The Morgan fingerprint density at radius 1 is 1.15 bits per heavy atom. The number of sulfone groups is 1. The molecule has 0 saturated heterocycles. The summed E-state index contributed by atoms with van der Waals surface area (Å²) in [5, 5.41) is 8.78. The molecule has 9 nitrogen and oxygen atoms in total. The molecule has 0 bridgehead atoms. The molecule has 3 N–H and O–H groups in total. The lowest BCUT2D eigenvalue weighted by molar-refractivity contribution is -0.134. The Balaban J connectivity index is 1.47. The van der Waals surface area contributed by atoms with Crippen molar-refractivity contribution >= 4 is 33.0 Å². The van der Waals surface area contributed by atoms with Crippen LogP contribution in [0.2, 0.25) is 0 Å². The number of nitrogen functional groups attached to an aromatic ring is 1. The van der Waals surface area contributed by atoms with E-state index in [-0.39, 0.29) is 17.5 Å². The Bertz CT molecular complexity index is 1230. The van der Waals surface area contributed by atoms with Crippen molar-refractivity contribution < 1.29 is 23.1 Å². The van der Waals surface area contributed by atoms with Crippen LogP contribution >= 0.6 is 0 Å². The zero-order valence-electron chi connectivity index (χ0n) is 19.6. The van der Waals surface area contributed by atoms with Crippen LogP contribution in [0.15, 0.2) is 29.3 Å². The highest BCUT2D eigenvalue weighted by atomic mass is 32.2. The van der Waals surface area contributed by atoms with E-state index in [0.29, 0.717) is 23.3 Å². The molecule has 0 unspecified atom stereocenters. The first-order valence-electron chi connectivity index (χ1n) is 11.4. The third-order valence-corrected chi connectivity index (χ3v) is 8.14. The number of aromatic nitrogens is 2. The Labute approximate surface area is 199 Å². The summed E-state index contributed by atoms with van der Waals surface area (Å²) in [5.74, 6) is -0.563. The van der Waals surface area contributed by atoms with E-state index < -0.39 is 27.2 Å². The molecule has 10 heteroatoms. The van der Waals surface area contributed by atoms with Gasteiger partial charge >= 0.3 is 5.97 Å². The molecule has 1 fully saturated rings. The first-order valence-corrected chi connectivity index (χ1v) is 13.2. The Hall–Kier alpha value is -3.01. The molecule has 2 heterocycles. The third-order valence-electron chi connectivity index (χ3n) is 6.47. The smallest absolute Gasteiger partial charge is 0.318 e. The maximum Gasteiger partial charge on any atom is 0.318 e. The van der Waals surface area contributed by atoms with Gasteiger partial charge in [0.2, 0.25) is 5.88 Å². The SMILES string of the molecule is Cc1nc(N)c2c(n1)OC(C)(C)C(c1ccc(C3CCC(CS(=O)(=O)CC(=O)O)CC3)cc1)=N2. The van der Waals surface area contributed by atoms with E-state index in [1.165, 1.54) is 5.56 Å². The number of carboxylic acids is 1. The summed E-state index contributed by atoms with van der Waals surface area (Å²) < 4.78 is 30.1. The van der Waals surface area contributed by atoms with E-state index in [1.54, 1.807) is 6.92 Å². The quantitative estimate of drug-likeness (QED) is 0.632. The maximum atomic E-state index is 12.0. The van der Waals surface area contributed by atoms with Gasteiger partial charge in [-0.2, -0.15) is 4.98 Å². The Morgan fingerprint density at radius 2 is 1.79 bits per heavy atom. The second-order valence-electron chi connectivity index (χ2n) is 9.67. The summed E-state index contributed by atoms with van der Waals surface area (Å²) in [6.45, 7) is 5.64. The first kappa shape index (κ1) is 24.1. The van der Waals surface area contributed by atoms with Gasteiger partial charge in [-0.25, -0.2) is 18.4 Å². The van der Waals surface area contributed by atoms with Gasteiger partial charge in [0, 0.05) is 5.56 Å². The van der Waals surface area contributed by atoms with Gasteiger partial charge in [0.25, 0.3) is 0 Å². The summed E-state index contributed by atoms with van der Waals surface area (Å²) in [5.41, 5.74) is 8.68. The average molecular weight is 487 g/mol. The number of aliphatic imine (C=N–C) groups is 1. The molecule has 1 aliphatic carbocycles. The maximum absolute atomic E-state index is 12.0. The van der Waals surface area contributed by atoms with Gasteiger partial charge in [-0.15, -0.1) is 0 Å². The summed E-state index contributed by atoms with van der Waals surface area (Å²) >= 11 is 0. The number of aliphatic carboxylic acids is 1. The van der Waals surface area contributed by atoms with Gasteiger partial charge in [-0.05, 0) is 63.9 Å². The van der Waals surface area contributed by atoms with Gasteiger partial charge in [-0.1, -0.05) is 24.3 Å². The van der Waals surface area contributed by atoms with Gasteiger partial charge in [0.1, 0.15) is 17.2 Å². The third kappa shape index (κ3) is 5.22. The van der Waals surface area contributed by atoms with Crippen molar-refractivity contribution in [2.45, 2.75) is 58.0 Å². The largest absolute Gasteiger partial charge is 0.480 e. The molecule has 0 radical (unpaired) electrons. The van der Waals surface area contributed by atoms with Crippen molar-refractivity contribution in [1.29, 1.82) is 0 Å². The standard InChI is InChI=1S/C24H30N4O5S/c1-14-26-22(25)20-23(27-14)33-24(2,3)21(28-20)18-10-8-17(9-11-18)16-6-4-15(5-7-16)12-34(31,32)13-19(29)30/h8-11,15-16H,4-7,12-13H2,1-3H3,(H,29,30)(H2,25,26,27). The molecule has 34 heavy (non-hydrogen) atoms. The molecular weight excluding hydrogens is 456 g/mol. The van der Waals surface area contributed by atoms with Crippen LogP contribution in [0.25, 0.3) is 0 Å².